The minimum absolute atomic E-state index is 0.0913. The highest BCUT2D eigenvalue weighted by molar-refractivity contribution is 6.06. The van der Waals surface area contributed by atoms with Crippen LogP contribution in [0.2, 0.25) is 0 Å². The number of allylic oxidation sites excluding steroid dienone is 2. The van der Waals surface area contributed by atoms with E-state index in [1.54, 1.807) is 0 Å². The van der Waals surface area contributed by atoms with Crippen LogP contribution in [0.5, 0.6) is 0 Å². The monoisotopic (exact) mass is 338 g/mol. The van der Waals surface area contributed by atoms with E-state index in [1.165, 1.54) is 4.90 Å². The molecule has 130 valence electrons. The lowest BCUT2D eigenvalue weighted by atomic mass is 9.85. The molecule has 4 atom stereocenters. The zero-order valence-corrected chi connectivity index (χ0v) is 14.5. The molecule has 2 bridgehead atoms. The average molecular weight is 338 g/mol. The van der Waals surface area contributed by atoms with Crippen LogP contribution in [0.4, 0.5) is 5.69 Å². The Bertz CT molecular complexity index is 768. The second-order valence-corrected chi connectivity index (χ2v) is 7.44. The third kappa shape index (κ3) is 2.58. The maximum Gasteiger partial charge on any atom is 0.233 e. The number of fused-ring (bicyclic) bond motifs is 5. The van der Waals surface area contributed by atoms with Gasteiger partial charge in [0.25, 0.3) is 0 Å². The molecule has 1 N–H and O–H groups in total. The van der Waals surface area contributed by atoms with Crippen molar-refractivity contribution in [3.63, 3.8) is 0 Å². The third-order valence-corrected chi connectivity index (χ3v) is 5.79. The van der Waals surface area contributed by atoms with Crippen LogP contribution in [0.1, 0.15) is 24.0 Å². The van der Waals surface area contributed by atoms with Gasteiger partial charge in [0.15, 0.2) is 0 Å². The quantitative estimate of drug-likeness (QED) is 0.677. The molecule has 0 spiro atoms. The summed E-state index contributed by atoms with van der Waals surface area (Å²) in [4.78, 5) is 38.8. The lowest BCUT2D eigenvalue weighted by molar-refractivity contribution is -0.140. The summed E-state index contributed by atoms with van der Waals surface area (Å²) in [5, 5.41) is 2.88. The molecule has 3 aliphatic rings. The van der Waals surface area contributed by atoms with Gasteiger partial charge in [-0.05, 0) is 49.3 Å². The van der Waals surface area contributed by atoms with Gasteiger partial charge in [-0.15, -0.1) is 0 Å². The van der Waals surface area contributed by atoms with Gasteiger partial charge >= 0.3 is 0 Å². The van der Waals surface area contributed by atoms with Crippen LogP contribution in [0.15, 0.2) is 30.4 Å². The lowest BCUT2D eigenvalue weighted by Gasteiger charge is -2.17. The van der Waals surface area contributed by atoms with E-state index in [4.69, 9.17) is 0 Å². The number of aryl methyl sites for hydroxylation is 2. The molecule has 0 radical (unpaired) electrons. The smallest absolute Gasteiger partial charge is 0.233 e. The zero-order chi connectivity index (χ0) is 17.7. The van der Waals surface area contributed by atoms with E-state index in [1.807, 2.05) is 32.0 Å². The number of amides is 3. The van der Waals surface area contributed by atoms with Crippen LogP contribution in [-0.2, 0) is 14.4 Å². The van der Waals surface area contributed by atoms with Crippen molar-refractivity contribution in [2.45, 2.75) is 26.7 Å². The van der Waals surface area contributed by atoms with Crippen molar-refractivity contribution in [3.8, 4) is 0 Å². The Hall–Kier alpha value is -2.43. The van der Waals surface area contributed by atoms with Gasteiger partial charge in [0.05, 0.1) is 11.8 Å². The van der Waals surface area contributed by atoms with E-state index in [-0.39, 0.29) is 54.4 Å². The number of hydrogen-bond donors (Lipinski definition) is 1. The normalized spacial score (nSPS) is 29.4. The molecular weight excluding hydrogens is 316 g/mol. The van der Waals surface area contributed by atoms with Crippen molar-refractivity contribution >= 4 is 23.4 Å². The fourth-order valence-electron chi connectivity index (χ4n) is 4.48. The summed E-state index contributed by atoms with van der Waals surface area (Å²) in [5.74, 6) is -0.320. The summed E-state index contributed by atoms with van der Waals surface area (Å²) in [6.07, 6.45) is 5.21. The largest absolute Gasteiger partial charge is 0.326 e. The van der Waals surface area contributed by atoms with E-state index in [0.717, 1.165) is 23.2 Å². The topological polar surface area (TPSA) is 66.5 Å². The fraction of sp³-hybridized carbons (Fsp3) is 0.450. The highest BCUT2D eigenvalue weighted by atomic mass is 16.2. The van der Waals surface area contributed by atoms with E-state index in [9.17, 15) is 14.4 Å². The highest BCUT2D eigenvalue weighted by Crippen LogP contribution is 2.52. The first kappa shape index (κ1) is 16.1. The molecule has 3 amide bonds. The zero-order valence-electron chi connectivity index (χ0n) is 14.5. The number of carbonyl (C=O) groups excluding carboxylic acids is 3. The molecule has 5 nitrogen and oxygen atoms in total. The Kier molecular flexibility index (Phi) is 3.74. The first-order valence-corrected chi connectivity index (χ1v) is 8.86. The van der Waals surface area contributed by atoms with Crippen molar-refractivity contribution < 1.29 is 14.4 Å². The first-order valence-electron chi connectivity index (χ1n) is 8.86. The summed E-state index contributed by atoms with van der Waals surface area (Å²) in [7, 11) is 0. The molecule has 1 heterocycles. The molecule has 1 saturated heterocycles. The van der Waals surface area contributed by atoms with Crippen LogP contribution in [0.25, 0.3) is 0 Å². The van der Waals surface area contributed by atoms with Crippen LogP contribution in [0.3, 0.4) is 0 Å². The van der Waals surface area contributed by atoms with Crippen molar-refractivity contribution in [1.29, 1.82) is 0 Å². The number of carbonyl (C=O) groups is 3. The number of benzene rings is 1. The van der Waals surface area contributed by atoms with E-state index >= 15 is 0 Å². The Balaban J connectivity index is 1.39. The van der Waals surface area contributed by atoms with Crippen LogP contribution < -0.4 is 5.32 Å². The molecular formula is C20H22N2O3. The molecule has 2 fully saturated rings. The van der Waals surface area contributed by atoms with Crippen LogP contribution >= 0.6 is 0 Å². The molecule has 4 rings (SSSR count). The minimum atomic E-state index is -0.190. The first-order chi connectivity index (χ1) is 12.0. The van der Waals surface area contributed by atoms with Gasteiger partial charge in [0, 0.05) is 18.7 Å². The third-order valence-electron chi connectivity index (χ3n) is 5.79. The molecule has 2 aliphatic carbocycles. The lowest BCUT2D eigenvalue weighted by Crippen LogP contribution is -2.35. The standard InChI is InChI=1S/C20H22N2O3/c1-11-3-4-12(2)15(9-11)21-16(23)7-8-22-19(24)17-13-5-6-14(10-13)18(17)20(22)25/h3-6,9,13-14,17-18H,7-8,10H2,1-2H3,(H,21,23)/t13-,14-,17-,18+/m0/s1. The average Bonchev–Trinajstić information content (AvgIpc) is 3.24. The van der Waals surface area contributed by atoms with Gasteiger partial charge < -0.3 is 5.32 Å². The number of nitrogens with zero attached hydrogens (tertiary/aromatic N) is 1. The Labute approximate surface area is 147 Å². The number of hydrogen-bond acceptors (Lipinski definition) is 3. The second-order valence-electron chi connectivity index (χ2n) is 7.44. The van der Waals surface area contributed by atoms with E-state index in [2.05, 4.69) is 17.5 Å². The van der Waals surface area contributed by atoms with Crippen molar-refractivity contribution in [2.75, 3.05) is 11.9 Å². The molecule has 1 aromatic carbocycles. The summed E-state index contributed by atoms with van der Waals surface area (Å²) < 4.78 is 0. The van der Waals surface area contributed by atoms with E-state index in [0.29, 0.717) is 0 Å². The Morgan fingerprint density at radius 3 is 2.40 bits per heavy atom. The molecule has 1 saturated carbocycles. The maximum absolute atomic E-state index is 12.6. The number of likely N-dealkylation sites (tertiary alicyclic amines) is 1. The van der Waals surface area contributed by atoms with Crippen molar-refractivity contribution in [3.05, 3.63) is 41.5 Å². The van der Waals surface area contributed by atoms with Crippen LogP contribution in [-0.4, -0.2) is 29.2 Å². The van der Waals surface area contributed by atoms with Gasteiger partial charge in [0.2, 0.25) is 17.7 Å². The summed E-state index contributed by atoms with van der Waals surface area (Å²) in [5.41, 5.74) is 2.84. The highest BCUT2D eigenvalue weighted by Gasteiger charge is 2.58. The van der Waals surface area contributed by atoms with Gasteiger partial charge in [-0.3, -0.25) is 19.3 Å². The van der Waals surface area contributed by atoms with Gasteiger partial charge in [-0.2, -0.15) is 0 Å². The number of imide groups is 1. The van der Waals surface area contributed by atoms with Crippen molar-refractivity contribution in [1.82, 2.24) is 4.90 Å². The molecule has 1 aliphatic heterocycles. The van der Waals surface area contributed by atoms with E-state index < -0.39 is 0 Å². The molecule has 5 heteroatoms. The molecule has 0 aromatic heterocycles. The predicted molar refractivity (Wildman–Crippen MR) is 93.6 cm³/mol. The number of anilines is 1. The molecule has 25 heavy (non-hydrogen) atoms. The predicted octanol–water partition coefficient (Wildman–Crippen LogP) is 2.44. The summed E-state index contributed by atoms with van der Waals surface area (Å²) in [6.45, 7) is 4.07. The number of nitrogens with one attached hydrogen (secondary N) is 1. The van der Waals surface area contributed by atoms with Crippen LogP contribution in [0, 0.1) is 37.5 Å². The fourth-order valence-corrected chi connectivity index (χ4v) is 4.48. The summed E-state index contributed by atoms with van der Waals surface area (Å²) >= 11 is 0. The van der Waals surface area contributed by atoms with Gasteiger partial charge in [-0.25, -0.2) is 0 Å². The van der Waals surface area contributed by atoms with Gasteiger partial charge in [-0.1, -0.05) is 24.3 Å². The Morgan fingerprint density at radius 2 is 1.76 bits per heavy atom. The minimum Gasteiger partial charge on any atom is -0.326 e. The second kappa shape index (κ2) is 5.83. The molecule has 1 aromatic rings. The SMILES string of the molecule is Cc1ccc(C)c(NC(=O)CCN2C(=O)[C@@H]3[C@H](C2=O)[C@H]2C=C[C@H]3C2)c1. The molecule has 0 unspecified atom stereocenters. The maximum atomic E-state index is 12.6. The summed E-state index contributed by atoms with van der Waals surface area (Å²) in [6, 6.07) is 5.88. The van der Waals surface area contributed by atoms with Gasteiger partial charge in [0.1, 0.15) is 0 Å². The number of rotatable bonds is 4. The van der Waals surface area contributed by atoms with Crippen molar-refractivity contribution in [2.24, 2.45) is 23.7 Å². The Morgan fingerprint density at radius 1 is 1.12 bits per heavy atom.